The number of nitrogens with zero attached hydrogens (tertiary/aromatic N) is 1. The van der Waals surface area contributed by atoms with Crippen LogP contribution in [0.5, 0.6) is 0 Å². The van der Waals surface area contributed by atoms with Crippen molar-refractivity contribution in [2.45, 2.75) is 0 Å². The molecule has 0 saturated heterocycles. The average molecular weight is 235 g/mol. The van der Waals surface area contributed by atoms with E-state index >= 15 is 0 Å². The fourth-order valence-electron chi connectivity index (χ4n) is 1.78. The number of nitrogen functional groups attached to an aromatic ring is 1. The van der Waals surface area contributed by atoms with Gasteiger partial charge in [-0.15, -0.1) is 0 Å². The van der Waals surface area contributed by atoms with Gasteiger partial charge in [-0.2, -0.15) is 5.10 Å². The fourth-order valence-corrected chi connectivity index (χ4v) is 1.78. The van der Waals surface area contributed by atoms with Crippen molar-refractivity contribution < 1.29 is 13.2 Å². The van der Waals surface area contributed by atoms with Crippen molar-refractivity contribution in [3.05, 3.63) is 36.2 Å². The highest BCUT2D eigenvalue weighted by Crippen LogP contribution is 2.34. The summed E-state index contributed by atoms with van der Waals surface area (Å²) in [5.41, 5.74) is 5.71. The van der Waals surface area contributed by atoms with Gasteiger partial charge in [-0.3, -0.25) is 5.10 Å². The van der Waals surface area contributed by atoms with E-state index in [0.717, 1.165) is 6.07 Å². The Morgan fingerprint density at radius 1 is 1.35 bits per heavy atom. The van der Waals surface area contributed by atoms with Crippen LogP contribution in [-0.2, 0) is 0 Å². The van der Waals surface area contributed by atoms with Crippen molar-refractivity contribution >= 4 is 16.8 Å². The Morgan fingerprint density at radius 3 is 2.88 bits per heavy atom. The van der Waals surface area contributed by atoms with Gasteiger partial charge in [0.15, 0.2) is 0 Å². The van der Waals surface area contributed by atoms with Crippen molar-refractivity contribution in [1.82, 2.24) is 10.2 Å². The van der Waals surface area contributed by atoms with E-state index in [9.17, 15) is 8.78 Å². The first-order chi connectivity index (χ1) is 8.18. The molecule has 0 aliphatic carbocycles. The molecular formula is C11H7F2N3O. The molecule has 0 radical (unpaired) electrons. The first-order valence-corrected chi connectivity index (χ1v) is 4.83. The number of nitrogens with one attached hydrogen (secondary N) is 1. The summed E-state index contributed by atoms with van der Waals surface area (Å²) in [6.45, 7) is 0. The topological polar surface area (TPSA) is 67.8 Å². The third kappa shape index (κ3) is 1.30. The monoisotopic (exact) mass is 235 g/mol. The van der Waals surface area contributed by atoms with Crippen molar-refractivity contribution in [1.29, 1.82) is 0 Å². The number of benzene rings is 1. The molecule has 0 atom stereocenters. The van der Waals surface area contributed by atoms with Crippen LogP contribution in [0.25, 0.3) is 22.1 Å². The lowest BCUT2D eigenvalue weighted by molar-refractivity contribution is 0.581. The number of fused-ring (bicyclic) bond motifs is 1. The van der Waals surface area contributed by atoms with E-state index in [2.05, 4.69) is 10.2 Å². The SMILES string of the molecule is Nc1[nH]ncc1-c1c(F)cc2occc2c1F. The van der Waals surface area contributed by atoms with Gasteiger partial charge >= 0.3 is 0 Å². The Balaban J connectivity index is 2.40. The van der Waals surface area contributed by atoms with E-state index in [0.29, 0.717) is 0 Å². The molecule has 2 aromatic heterocycles. The molecule has 2 heterocycles. The normalized spacial score (nSPS) is 11.2. The summed E-state index contributed by atoms with van der Waals surface area (Å²) in [5, 5.41) is 6.29. The van der Waals surface area contributed by atoms with Crippen LogP contribution in [0.4, 0.5) is 14.6 Å². The maximum atomic E-state index is 14.1. The summed E-state index contributed by atoms with van der Waals surface area (Å²) in [4.78, 5) is 0. The molecule has 0 bridgehead atoms. The van der Waals surface area contributed by atoms with Gasteiger partial charge in [-0.05, 0) is 6.07 Å². The van der Waals surface area contributed by atoms with E-state index in [1.807, 2.05) is 0 Å². The van der Waals surface area contributed by atoms with E-state index in [4.69, 9.17) is 10.2 Å². The zero-order valence-electron chi connectivity index (χ0n) is 8.50. The lowest BCUT2D eigenvalue weighted by atomic mass is 10.0. The van der Waals surface area contributed by atoms with Crippen LogP contribution in [-0.4, -0.2) is 10.2 Å². The van der Waals surface area contributed by atoms with Gasteiger partial charge in [-0.25, -0.2) is 8.78 Å². The van der Waals surface area contributed by atoms with Crippen LogP contribution >= 0.6 is 0 Å². The summed E-state index contributed by atoms with van der Waals surface area (Å²) in [5.74, 6) is -1.33. The van der Waals surface area contributed by atoms with Crippen molar-refractivity contribution in [3.63, 3.8) is 0 Å². The predicted octanol–water partition coefficient (Wildman–Crippen LogP) is 2.68. The van der Waals surface area contributed by atoms with E-state index in [-0.39, 0.29) is 27.9 Å². The number of aromatic nitrogens is 2. The van der Waals surface area contributed by atoms with E-state index in [1.165, 1.54) is 18.5 Å². The van der Waals surface area contributed by atoms with Crippen molar-refractivity contribution in [2.24, 2.45) is 0 Å². The summed E-state index contributed by atoms with van der Waals surface area (Å²) in [6, 6.07) is 2.56. The smallest absolute Gasteiger partial charge is 0.145 e. The Kier molecular flexibility index (Phi) is 1.91. The quantitative estimate of drug-likeness (QED) is 0.681. The largest absolute Gasteiger partial charge is 0.464 e. The molecule has 17 heavy (non-hydrogen) atoms. The van der Waals surface area contributed by atoms with Crippen LogP contribution in [0, 0.1) is 11.6 Å². The Morgan fingerprint density at radius 2 is 2.18 bits per heavy atom. The van der Waals surface area contributed by atoms with Gasteiger partial charge in [0.05, 0.1) is 23.4 Å². The lowest BCUT2D eigenvalue weighted by Gasteiger charge is -2.04. The van der Waals surface area contributed by atoms with Crippen LogP contribution in [0.1, 0.15) is 0 Å². The number of H-pyrrole nitrogens is 1. The number of anilines is 1. The van der Waals surface area contributed by atoms with Gasteiger partial charge in [0.1, 0.15) is 23.0 Å². The Hall–Kier alpha value is -2.37. The van der Waals surface area contributed by atoms with Gasteiger partial charge in [0.25, 0.3) is 0 Å². The number of nitrogens with two attached hydrogens (primary N) is 1. The highest BCUT2D eigenvalue weighted by Gasteiger charge is 2.19. The highest BCUT2D eigenvalue weighted by atomic mass is 19.1. The lowest BCUT2D eigenvalue weighted by Crippen LogP contribution is -1.94. The average Bonchev–Trinajstić information content (AvgIpc) is 2.88. The summed E-state index contributed by atoms with van der Waals surface area (Å²) in [6.07, 6.45) is 2.58. The second-order valence-electron chi connectivity index (χ2n) is 3.58. The molecule has 0 amide bonds. The molecule has 0 unspecified atom stereocenters. The minimum Gasteiger partial charge on any atom is -0.464 e. The van der Waals surface area contributed by atoms with Crippen LogP contribution in [0.2, 0.25) is 0 Å². The maximum absolute atomic E-state index is 14.1. The van der Waals surface area contributed by atoms with Crippen molar-refractivity contribution in [3.8, 4) is 11.1 Å². The van der Waals surface area contributed by atoms with Gasteiger partial charge in [-0.1, -0.05) is 0 Å². The van der Waals surface area contributed by atoms with Gasteiger partial charge in [0.2, 0.25) is 0 Å². The number of halogens is 2. The van der Waals surface area contributed by atoms with Crippen LogP contribution in [0.3, 0.4) is 0 Å². The second-order valence-corrected chi connectivity index (χ2v) is 3.58. The predicted molar refractivity (Wildman–Crippen MR) is 58.1 cm³/mol. The van der Waals surface area contributed by atoms with Gasteiger partial charge < -0.3 is 10.2 Å². The van der Waals surface area contributed by atoms with E-state index in [1.54, 1.807) is 0 Å². The molecule has 0 aliphatic heterocycles. The molecular weight excluding hydrogens is 228 g/mol. The van der Waals surface area contributed by atoms with E-state index < -0.39 is 11.6 Å². The third-order valence-corrected chi connectivity index (χ3v) is 2.59. The molecule has 0 saturated carbocycles. The highest BCUT2D eigenvalue weighted by molar-refractivity contribution is 5.87. The molecule has 0 fully saturated rings. The molecule has 0 aliphatic rings. The number of furan rings is 1. The number of hydrogen-bond acceptors (Lipinski definition) is 3. The molecule has 3 rings (SSSR count). The molecule has 86 valence electrons. The maximum Gasteiger partial charge on any atom is 0.145 e. The molecule has 6 heteroatoms. The van der Waals surface area contributed by atoms with Gasteiger partial charge in [0, 0.05) is 11.6 Å². The van der Waals surface area contributed by atoms with Crippen molar-refractivity contribution in [2.75, 3.05) is 5.73 Å². The molecule has 4 nitrogen and oxygen atoms in total. The minimum absolute atomic E-state index is 0.116. The zero-order valence-corrected chi connectivity index (χ0v) is 8.50. The number of rotatable bonds is 1. The zero-order chi connectivity index (χ0) is 12.0. The first kappa shape index (κ1) is 9.83. The first-order valence-electron chi connectivity index (χ1n) is 4.83. The molecule has 3 N–H and O–H groups in total. The molecule has 1 aromatic carbocycles. The fraction of sp³-hybridized carbons (Fsp3) is 0. The molecule has 0 spiro atoms. The van der Waals surface area contributed by atoms with Crippen LogP contribution in [0.15, 0.2) is 29.0 Å². The standard InChI is InChI=1S/C11H7F2N3O/c12-7-3-8-5(1-2-17-8)10(13)9(7)6-4-15-16-11(6)14/h1-4H,(H3,14,15,16). The van der Waals surface area contributed by atoms with Crippen LogP contribution < -0.4 is 5.73 Å². The summed E-state index contributed by atoms with van der Waals surface area (Å²) >= 11 is 0. The summed E-state index contributed by atoms with van der Waals surface area (Å²) in [7, 11) is 0. The number of hydrogen-bond donors (Lipinski definition) is 2. The Bertz CT molecular complexity index is 702. The third-order valence-electron chi connectivity index (χ3n) is 2.59. The second kappa shape index (κ2) is 3.31. The summed E-state index contributed by atoms with van der Waals surface area (Å²) < 4.78 is 32.9. The number of aromatic amines is 1. The Labute approximate surface area is 94.0 Å². The minimum atomic E-state index is -0.738. The molecule has 3 aromatic rings.